The number of hydrogen-bond acceptors (Lipinski definition) is 3. The highest BCUT2D eigenvalue weighted by atomic mass is 16.4. The van der Waals surface area contributed by atoms with E-state index in [1.165, 1.54) is 0 Å². The fourth-order valence-electron chi connectivity index (χ4n) is 2.13. The minimum atomic E-state index is -0.865. The van der Waals surface area contributed by atoms with Crippen molar-refractivity contribution in [2.24, 2.45) is 23.0 Å². The molecule has 4 N–H and O–H groups in total. The van der Waals surface area contributed by atoms with Gasteiger partial charge in [-0.25, -0.2) is 0 Å². The molecule has 0 bridgehead atoms. The Kier molecular flexibility index (Phi) is 4.51. The van der Waals surface area contributed by atoms with Gasteiger partial charge in [-0.3, -0.25) is 9.59 Å². The van der Waals surface area contributed by atoms with E-state index >= 15 is 0 Å². The second-order valence-electron chi connectivity index (χ2n) is 5.24. The summed E-state index contributed by atoms with van der Waals surface area (Å²) in [6, 6.07) is 0. The van der Waals surface area contributed by atoms with Crippen molar-refractivity contribution in [2.45, 2.75) is 33.1 Å². The molecule has 0 aliphatic heterocycles. The molecular weight excluding hydrogens is 220 g/mol. The van der Waals surface area contributed by atoms with Crippen LogP contribution in [0.3, 0.4) is 0 Å². The Bertz CT molecular complexity index is 293. The highest BCUT2D eigenvalue weighted by Gasteiger charge is 2.43. The smallest absolute Gasteiger partial charge is 0.308 e. The average molecular weight is 242 g/mol. The van der Waals surface area contributed by atoms with E-state index in [2.05, 4.69) is 5.32 Å². The molecule has 98 valence electrons. The van der Waals surface area contributed by atoms with E-state index in [0.717, 1.165) is 19.3 Å². The molecule has 1 aliphatic carbocycles. The van der Waals surface area contributed by atoms with Gasteiger partial charge in [0.05, 0.1) is 11.3 Å². The average Bonchev–Trinajstić information content (AvgIpc) is 2.15. The predicted molar refractivity (Wildman–Crippen MR) is 64.3 cm³/mol. The van der Waals surface area contributed by atoms with Crippen LogP contribution in [0.2, 0.25) is 0 Å². The summed E-state index contributed by atoms with van der Waals surface area (Å²) in [5, 5.41) is 11.8. The zero-order valence-electron chi connectivity index (χ0n) is 10.5. The highest BCUT2D eigenvalue weighted by Crippen LogP contribution is 2.40. The van der Waals surface area contributed by atoms with Gasteiger partial charge in [0.1, 0.15) is 0 Å². The van der Waals surface area contributed by atoms with Crippen LogP contribution in [0.5, 0.6) is 0 Å². The van der Waals surface area contributed by atoms with Crippen LogP contribution in [0.25, 0.3) is 0 Å². The van der Waals surface area contributed by atoms with Gasteiger partial charge in [0.2, 0.25) is 5.91 Å². The third kappa shape index (κ3) is 2.97. The molecular formula is C12H22N2O3. The van der Waals surface area contributed by atoms with Crippen LogP contribution in [0.4, 0.5) is 0 Å². The van der Waals surface area contributed by atoms with Crippen LogP contribution in [0.1, 0.15) is 33.1 Å². The van der Waals surface area contributed by atoms with Crippen molar-refractivity contribution in [2.75, 3.05) is 13.1 Å². The second kappa shape index (κ2) is 5.49. The third-order valence-corrected chi connectivity index (χ3v) is 3.79. The first-order valence-electron chi connectivity index (χ1n) is 6.14. The Morgan fingerprint density at radius 1 is 1.41 bits per heavy atom. The summed E-state index contributed by atoms with van der Waals surface area (Å²) in [6.45, 7) is 4.21. The van der Waals surface area contributed by atoms with Gasteiger partial charge in [0, 0.05) is 13.1 Å². The summed E-state index contributed by atoms with van der Waals surface area (Å²) in [5.41, 5.74) is 5.19. The fourth-order valence-corrected chi connectivity index (χ4v) is 2.13. The van der Waals surface area contributed by atoms with Gasteiger partial charge < -0.3 is 16.2 Å². The van der Waals surface area contributed by atoms with E-state index in [4.69, 9.17) is 10.8 Å². The molecule has 1 unspecified atom stereocenters. The van der Waals surface area contributed by atoms with E-state index in [9.17, 15) is 9.59 Å². The molecule has 0 radical (unpaired) electrons. The van der Waals surface area contributed by atoms with Crippen LogP contribution >= 0.6 is 0 Å². The number of nitrogens with two attached hydrogens (primary N) is 1. The van der Waals surface area contributed by atoms with Gasteiger partial charge in [-0.15, -0.1) is 0 Å². The zero-order valence-corrected chi connectivity index (χ0v) is 10.5. The van der Waals surface area contributed by atoms with Crippen molar-refractivity contribution in [3.8, 4) is 0 Å². The van der Waals surface area contributed by atoms with Crippen LogP contribution in [-0.2, 0) is 9.59 Å². The molecule has 0 aromatic heterocycles. The number of carbonyl (C=O) groups excluding carboxylic acids is 1. The van der Waals surface area contributed by atoms with Crippen molar-refractivity contribution in [3.05, 3.63) is 0 Å². The Morgan fingerprint density at radius 3 is 2.29 bits per heavy atom. The van der Waals surface area contributed by atoms with Gasteiger partial charge in [-0.05, 0) is 18.8 Å². The van der Waals surface area contributed by atoms with Gasteiger partial charge in [0.15, 0.2) is 0 Å². The first-order valence-corrected chi connectivity index (χ1v) is 6.14. The lowest BCUT2D eigenvalue weighted by atomic mass is 9.68. The quantitative estimate of drug-likeness (QED) is 0.635. The SMILES string of the molecule is CC(C)C(CNC(=O)C1(CN)CCC1)C(=O)O. The lowest BCUT2D eigenvalue weighted by Crippen LogP contribution is -2.51. The number of aliphatic carboxylic acids is 1. The minimum Gasteiger partial charge on any atom is -0.481 e. The molecule has 0 aromatic carbocycles. The van der Waals surface area contributed by atoms with Crippen molar-refractivity contribution < 1.29 is 14.7 Å². The van der Waals surface area contributed by atoms with Crippen molar-refractivity contribution in [1.29, 1.82) is 0 Å². The Morgan fingerprint density at radius 2 is 2.00 bits per heavy atom. The molecule has 1 amide bonds. The molecule has 17 heavy (non-hydrogen) atoms. The van der Waals surface area contributed by atoms with Crippen LogP contribution in [-0.4, -0.2) is 30.1 Å². The molecule has 5 heteroatoms. The van der Waals surface area contributed by atoms with Crippen LogP contribution in [0, 0.1) is 17.3 Å². The Labute approximate surface area is 102 Å². The number of carbonyl (C=O) groups is 2. The highest BCUT2D eigenvalue weighted by molar-refractivity contribution is 5.84. The van der Waals surface area contributed by atoms with Gasteiger partial charge >= 0.3 is 5.97 Å². The lowest BCUT2D eigenvalue weighted by molar-refractivity contribution is -0.143. The van der Waals surface area contributed by atoms with E-state index in [1.807, 2.05) is 13.8 Å². The Hall–Kier alpha value is -1.10. The largest absolute Gasteiger partial charge is 0.481 e. The monoisotopic (exact) mass is 242 g/mol. The number of carboxylic acid groups (broad SMARTS) is 1. The standard InChI is InChI=1S/C12H22N2O3/c1-8(2)9(10(15)16)6-14-11(17)12(7-13)4-3-5-12/h8-9H,3-7,13H2,1-2H3,(H,14,17)(H,15,16). The summed E-state index contributed by atoms with van der Waals surface area (Å²) >= 11 is 0. The summed E-state index contributed by atoms with van der Waals surface area (Å²) in [5.74, 6) is -1.48. The molecule has 0 aromatic rings. The molecule has 0 saturated heterocycles. The van der Waals surface area contributed by atoms with E-state index in [0.29, 0.717) is 6.54 Å². The molecule has 1 fully saturated rings. The van der Waals surface area contributed by atoms with Crippen LogP contribution < -0.4 is 11.1 Å². The number of nitrogens with one attached hydrogen (secondary N) is 1. The summed E-state index contributed by atoms with van der Waals surface area (Å²) < 4.78 is 0. The first kappa shape index (κ1) is 14.0. The van der Waals surface area contributed by atoms with E-state index in [1.54, 1.807) is 0 Å². The number of hydrogen-bond donors (Lipinski definition) is 3. The normalized spacial score (nSPS) is 19.5. The van der Waals surface area contributed by atoms with E-state index in [-0.39, 0.29) is 18.4 Å². The predicted octanol–water partition coefficient (Wildman–Crippen LogP) is 0.588. The van der Waals surface area contributed by atoms with Gasteiger partial charge in [-0.2, -0.15) is 0 Å². The summed E-state index contributed by atoms with van der Waals surface area (Å²) in [7, 11) is 0. The van der Waals surface area contributed by atoms with E-state index < -0.39 is 17.3 Å². The maximum absolute atomic E-state index is 11.9. The number of carboxylic acids is 1. The molecule has 0 spiro atoms. The maximum atomic E-state index is 11.9. The topological polar surface area (TPSA) is 92.4 Å². The van der Waals surface area contributed by atoms with Gasteiger partial charge in [0.25, 0.3) is 0 Å². The number of rotatable bonds is 6. The third-order valence-electron chi connectivity index (χ3n) is 3.79. The minimum absolute atomic E-state index is 0.00279. The summed E-state index contributed by atoms with van der Waals surface area (Å²) in [6.07, 6.45) is 2.65. The van der Waals surface area contributed by atoms with Gasteiger partial charge in [-0.1, -0.05) is 20.3 Å². The molecule has 1 aliphatic rings. The molecule has 1 rings (SSSR count). The van der Waals surface area contributed by atoms with Crippen molar-refractivity contribution >= 4 is 11.9 Å². The molecule has 5 nitrogen and oxygen atoms in total. The zero-order chi connectivity index (χ0) is 13.1. The van der Waals surface area contributed by atoms with Crippen molar-refractivity contribution in [1.82, 2.24) is 5.32 Å². The summed E-state index contributed by atoms with van der Waals surface area (Å²) in [4.78, 5) is 22.9. The lowest BCUT2D eigenvalue weighted by Gasteiger charge is -2.39. The van der Waals surface area contributed by atoms with Crippen molar-refractivity contribution in [3.63, 3.8) is 0 Å². The molecule has 1 saturated carbocycles. The van der Waals surface area contributed by atoms with Crippen LogP contribution in [0.15, 0.2) is 0 Å². The fraction of sp³-hybridized carbons (Fsp3) is 0.833. The Balaban J connectivity index is 2.49. The molecule has 1 atom stereocenters. The maximum Gasteiger partial charge on any atom is 0.308 e. The number of amides is 1. The molecule has 0 heterocycles. The second-order valence-corrected chi connectivity index (χ2v) is 5.24. The first-order chi connectivity index (χ1) is 7.93.